The third-order valence-corrected chi connectivity index (χ3v) is 3.36. The van der Waals surface area contributed by atoms with Crippen molar-refractivity contribution in [3.8, 4) is 11.5 Å². The molecule has 122 valence electrons. The number of rotatable bonds is 6. The van der Waals surface area contributed by atoms with Gasteiger partial charge in [0.1, 0.15) is 13.2 Å². The summed E-state index contributed by atoms with van der Waals surface area (Å²) in [6, 6.07) is 3.80. The van der Waals surface area contributed by atoms with Crippen LogP contribution in [-0.2, 0) is 11.3 Å². The summed E-state index contributed by atoms with van der Waals surface area (Å²) < 4.78 is 16.4. The first-order valence-electron chi connectivity index (χ1n) is 7.35. The van der Waals surface area contributed by atoms with Crippen LogP contribution in [0.15, 0.2) is 17.1 Å². The predicted molar refractivity (Wildman–Crippen MR) is 87.1 cm³/mol. The Morgan fingerprint density at radius 3 is 2.91 bits per heavy atom. The number of aliphatic imine (C=N–C) groups is 1. The van der Waals surface area contributed by atoms with Crippen LogP contribution in [0.1, 0.15) is 12.5 Å². The summed E-state index contributed by atoms with van der Waals surface area (Å²) in [5, 5.41) is 6.96. The van der Waals surface area contributed by atoms with Gasteiger partial charge in [-0.1, -0.05) is 11.6 Å². The molecule has 1 aromatic carbocycles. The first-order chi connectivity index (χ1) is 10.7. The molecule has 0 radical (unpaired) electrons. The largest absolute Gasteiger partial charge is 0.486 e. The zero-order chi connectivity index (χ0) is 15.8. The molecule has 0 aliphatic carbocycles. The lowest BCUT2D eigenvalue weighted by Crippen LogP contribution is -2.38. The highest BCUT2D eigenvalue weighted by Gasteiger charge is 2.16. The first-order valence-corrected chi connectivity index (χ1v) is 7.72. The van der Waals surface area contributed by atoms with Crippen molar-refractivity contribution in [2.45, 2.75) is 13.5 Å². The van der Waals surface area contributed by atoms with E-state index in [4.69, 9.17) is 25.8 Å². The topological polar surface area (TPSA) is 64.1 Å². The lowest BCUT2D eigenvalue weighted by molar-refractivity contribution is 0.152. The van der Waals surface area contributed by atoms with Crippen LogP contribution in [0.4, 0.5) is 0 Å². The number of fused-ring (bicyclic) bond motifs is 1. The van der Waals surface area contributed by atoms with Crippen molar-refractivity contribution in [3.05, 3.63) is 22.7 Å². The minimum absolute atomic E-state index is 0.528. The van der Waals surface area contributed by atoms with Crippen LogP contribution in [0.25, 0.3) is 0 Å². The summed E-state index contributed by atoms with van der Waals surface area (Å²) in [6.45, 7) is 5.69. The maximum Gasteiger partial charge on any atom is 0.191 e. The molecule has 1 heterocycles. The average molecular weight is 328 g/mol. The van der Waals surface area contributed by atoms with Gasteiger partial charge in [-0.25, -0.2) is 0 Å². The zero-order valence-electron chi connectivity index (χ0n) is 12.9. The Balaban J connectivity index is 1.89. The van der Waals surface area contributed by atoms with Crippen LogP contribution in [0, 0.1) is 0 Å². The monoisotopic (exact) mass is 327 g/mol. The summed E-state index contributed by atoms with van der Waals surface area (Å²) in [6.07, 6.45) is 0. The molecule has 0 atom stereocenters. The predicted octanol–water partition coefficient (Wildman–Crippen LogP) is 1.81. The normalized spacial score (nSPS) is 13.9. The maximum absolute atomic E-state index is 6.22. The van der Waals surface area contributed by atoms with Crippen molar-refractivity contribution in [2.75, 3.05) is 40.0 Å². The number of nitrogens with one attached hydrogen (secondary N) is 2. The molecular weight excluding hydrogens is 306 g/mol. The van der Waals surface area contributed by atoms with E-state index in [2.05, 4.69) is 15.6 Å². The van der Waals surface area contributed by atoms with E-state index in [1.807, 2.05) is 19.1 Å². The lowest BCUT2D eigenvalue weighted by Gasteiger charge is -2.20. The van der Waals surface area contributed by atoms with Gasteiger partial charge in [0, 0.05) is 26.7 Å². The van der Waals surface area contributed by atoms with E-state index in [0.29, 0.717) is 62.0 Å². The maximum atomic E-state index is 6.22. The molecule has 7 heteroatoms. The third-order valence-electron chi connectivity index (χ3n) is 3.08. The Morgan fingerprint density at radius 1 is 1.32 bits per heavy atom. The molecule has 1 aliphatic rings. The number of benzene rings is 1. The molecule has 0 aromatic heterocycles. The molecule has 0 spiro atoms. The van der Waals surface area contributed by atoms with E-state index in [9.17, 15) is 0 Å². The summed E-state index contributed by atoms with van der Waals surface area (Å²) in [5.41, 5.74) is 1.00. The van der Waals surface area contributed by atoms with Crippen molar-refractivity contribution >= 4 is 17.6 Å². The lowest BCUT2D eigenvalue weighted by atomic mass is 10.2. The standard InChI is InChI=1S/C15H22ClN3O3/c1-3-20-5-4-18-15(17-2)19-10-11-8-12(16)14-13(9-11)21-6-7-22-14/h8-9H,3-7,10H2,1-2H3,(H2,17,18,19). The molecule has 2 rings (SSSR count). The third kappa shape index (κ3) is 4.68. The summed E-state index contributed by atoms with van der Waals surface area (Å²) in [5.74, 6) is 2.02. The molecule has 6 nitrogen and oxygen atoms in total. The van der Waals surface area contributed by atoms with Crippen molar-refractivity contribution in [1.29, 1.82) is 0 Å². The molecule has 1 aromatic rings. The number of nitrogens with zero attached hydrogens (tertiary/aromatic N) is 1. The van der Waals surface area contributed by atoms with Gasteiger partial charge in [0.15, 0.2) is 17.5 Å². The molecule has 0 saturated carbocycles. The molecule has 1 aliphatic heterocycles. The molecule has 0 unspecified atom stereocenters. The van der Waals surface area contributed by atoms with Crippen LogP contribution in [0.2, 0.25) is 5.02 Å². The Kier molecular flexibility index (Phi) is 6.61. The van der Waals surface area contributed by atoms with Gasteiger partial charge in [-0.15, -0.1) is 0 Å². The fourth-order valence-corrected chi connectivity index (χ4v) is 2.35. The Labute approximate surface area is 135 Å². The minimum atomic E-state index is 0.528. The molecular formula is C15H22ClN3O3. The fraction of sp³-hybridized carbons (Fsp3) is 0.533. The highest BCUT2D eigenvalue weighted by atomic mass is 35.5. The van der Waals surface area contributed by atoms with E-state index in [1.165, 1.54) is 0 Å². The second-order valence-corrected chi connectivity index (χ2v) is 5.06. The Hall–Kier alpha value is -1.66. The highest BCUT2D eigenvalue weighted by molar-refractivity contribution is 6.32. The number of hydrogen-bond acceptors (Lipinski definition) is 4. The van der Waals surface area contributed by atoms with Crippen LogP contribution in [0.5, 0.6) is 11.5 Å². The van der Waals surface area contributed by atoms with Crippen LogP contribution in [0.3, 0.4) is 0 Å². The van der Waals surface area contributed by atoms with Crippen molar-refractivity contribution in [1.82, 2.24) is 10.6 Å². The second-order valence-electron chi connectivity index (χ2n) is 4.65. The number of ether oxygens (including phenoxy) is 3. The second kappa shape index (κ2) is 8.70. The van der Waals surface area contributed by atoms with E-state index >= 15 is 0 Å². The quantitative estimate of drug-likeness (QED) is 0.474. The molecule has 0 fully saturated rings. The smallest absolute Gasteiger partial charge is 0.191 e. The van der Waals surface area contributed by atoms with Gasteiger partial charge in [-0.2, -0.15) is 0 Å². The van der Waals surface area contributed by atoms with E-state index in [-0.39, 0.29) is 0 Å². The number of hydrogen-bond donors (Lipinski definition) is 2. The van der Waals surface area contributed by atoms with Gasteiger partial charge in [0.25, 0.3) is 0 Å². The van der Waals surface area contributed by atoms with E-state index in [1.54, 1.807) is 7.05 Å². The van der Waals surface area contributed by atoms with Gasteiger partial charge in [0.05, 0.1) is 11.6 Å². The van der Waals surface area contributed by atoms with Crippen molar-refractivity contribution < 1.29 is 14.2 Å². The van der Waals surface area contributed by atoms with Crippen LogP contribution in [-0.4, -0.2) is 46.0 Å². The van der Waals surface area contributed by atoms with Gasteiger partial charge in [-0.3, -0.25) is 4.99 Å². The van der Waals surface area contributed by atoms with Crippen LogP contribution < -0.4 is 20.1 Å². The Morgan fingerprint density at radius 2 is 2.14 bits per heavy atom. The van der Waals surface area contributed by atoms with Gasteiger partial charge in [-0.05, 0) is 24.6 Å². The minimum Gasteiger partial charge on any atom is -0.486 e. The van der Waals surface area contributed by atoms with Gasteiger partial charge in [0.2, 0.25) is 0 Å². The average Bonchev–Trinajstić information content (AvgIpc) is 2.54. The summed E-state index contributed by atoms with van der Waals surface area (Å²) in [4.78, 5) is 4.16. The van der Waals surface area contributed by atoms with Gasteiger partial charge >= 0.3 is 0 Å². The molecule has 2 N–H and O–H groups in total. The zero-order valence-corrected chi connectivity index (χ0v) is 13.7. The van der Waals surface area contributed by atoms with Crippen molar-refractivity contribution in [2.24, 2.45) is 4.99 Å². The Bertz CT molecular complexity index is 523. The molecule has 0 amide bonds. The van der Waals surface area contributed by atoms with Crippen LogP contribution >= 0.6 is 11.6 Å². The SMILES string of the molecule is CCOCCNC(=NC)NCc1cc(Cl)c2c(c1)OCCO2. The van der Waals surface area contributed by atoms with E-state index < -0.39 is 0 Å². The summed E-state index contributed by atoms with van der Waals surface area (Å²) in [7, 11) is 1.73. The molecule has 0 bridgehead atoms. The molecule has 22 heavy (non-hydrogen) atoms. The van der Waals surface area contributed by atoms with E-state index in [0.717, 1.165) is 5.56 Å². The number of halogens is 1. The van der Waals surface area contributed by atoms with Gasteiger partial charge < -0.3 is 24.8 Å². The fourth-order valence-electron chi connectivity index (χ4n) is 2.06. The number of guanidine groups is 1. The highest BCUT2D eigenvalue weighted by Crippen LogP contribution is 2.38. The molecule has 0 saturated heterocycles. The first kappa shape index (κ1) is 16.7. The van der Waals surface area contributed by atoms with Crippen molar-refractivity contribution in [3.63, 3.8) is 0 Å². The summed E-state index contributed by atoms with van der Waals surface area (Å²) >= 11 is 6.22.